The van der Waals surface area contributed by atoms with E-state index >= 15 is 0 Å². The van der Waals surface area contributed by atoms with Gasteiger partial charge in [-0.2, -0.15) is 5.10 Å². The molecule has 1 heterocycles. The van der Waals surface area contributed by atoms with Gasteiger partial charge in [0.15, 0.2) is 17.3 Å². The average molecular weight is 420 g/mol. The van der Waals surface area contributed by atoms with Crippen molar-refractivity contribution in [3.05, 3.63) is 36.4 Å². The second-order valence-corrected chi connectivity index (χ2v) is 7.47. The summed E-state index contributed by atoms with van der Waals surface area (Å²) in [6.45, 7) is 4.37. The van der Waals surface area contributed by atoms with Gasteiger partial charge in [0, 0.05) is 32.1 Å². The molecule has 1 aromatic carbocycles. The van der Waals surface area contributed by atoms with E-state index in [1.54, 1.807) is 36.3 Å². The number of amides is 1. The van der Waals surface area contributed by atoms with Gasteiger partial charge < -0.3 is 25.9 Å². The topological polar surface area (TPSA) is 115 Å². The Labute approximate surface area is 176 Å². The summed E-state index contributed by atoms with van der Waals surface area (Å²) < 4.78 is 26.6. The van der Waals surface area contributed by atoms with Gasteiger partial charge >= 0.3 is 0 Å². The Hall–Kier alpha value is -3.10. The number of nitrogens with zero attached hydrogens (tertiary/aromatic N) is 2. The molecule has 164 valence electrons. The van der Waals surface area contributed by atoms with E-state index in [9.17, 15) is 9.18 Å². The van der Waals surface area contributed by atoms with Crippen LogP contribution in [0.5, 0.6) is 11.5 Å². The van der Waals surface area contributed by atoms with Crippen molar-refractivity contribution in [2.45, 2.75) is 26.4 Å². The van der Waals surface area contributed by atoms with Crippen molar-refractivity contribution in [2.24, 2.45) is 30.5 Å². The first kappa shape index (κ1) is 23.2. The predicted octanol–water partition coefficient (Wildman–Crippen LogP) is 2.84. The highest BCUT2D eigenvalue weighted by Gasteiger charge is 2.31. The lowest BCUT2D eigenvalue weighted by Crippen LogP contribution is -2.38. The monoisotopic (exact) mass is 419 g/mol. The summed E-state index contributed by atoms with van der Waals surface area (Å²) in [5.41, 5.74) is 6.03. The third-order valence-electron chi connectivity index (χ3n) is 5.26. The van der Waals surface area contributed by atoms with Crippen LogP contribution in [0.4, 0.5) is 10.1 Å². The van der Waals surface area contributed by atoms with E-state index in [-0.39, 0.29) is 29.9 Å². The Morgan fingerprint density at radius 1 is 1.43 bits per heavy atom. The van der Waals surface area contributed by atoms with Crippen LogP contribution in [0.3, 0.4) is 0 Å². The summed E-state index contributed by atoms with van der Waals surface area (Å²) in [5, 5.41) is 15.1. The van der Waals surface area contributed by atoms with Crippen LogP contribution in [0.1, 0.15) is 20.3 Å². The van der Waals surface area contributed by atoms with Gasteiger partial charge in [-0.15, -0.1) is 0 Å². The Bertz CT molecular complexity index is 857. The van der Waals surface area contributed by atoms with Crippen LogP contribution in [0.15, 0.2) is 30.6 Å². The zero-order valence-corrected chi connectivity index (χ0v) is 17.8. The number of methoxy groups -OCH3 is 1. The number of aryl methyl sites for hydroxylation is 1. The van der Waals surface area contributed by atoms with Crippen LogP contribution >= 0.6 is 0 Å². The molecular formula is C21H30FN5O3. The molecule has 4 atom stereocenters. The number of rotatable bonds is 12. The maximum absolute atomic E-state index is 13.9. The fourth-order valence-corrected chi connectivity index (χ4v) is 3.57. The number of nitrogens with two attached hydrogens (primary N) is 1. The van der Waals surface area contributed by atoms with Crippen molar-refractivity contribution in [3.8, 4) is 11.5 Å². The summed E-state index contributed by atoms with van der Waals surface area (Å²) in [7, 11) is 3.19. The molecule has 9 heteroatoms. The molecule has 2 rings (SSSR count). The van der Waals surface area contributed by atoms with Gasteiger partial charge in [0.25, 0.3) is 0 Å². The first-order valence-corrected chi connectivity index (χ1v) is 9.77. The van der Waals surface area contributed by atoms with E-state index < -0.39 is 17.8 Å². The van der Waals surface area contributed by atoms with Gasteiger partial charge in [-0.05, 0) is 24.0 Å². The number of benzene rings is 1. The minimum Gasteiger partial charge on any atom is -0.492 e. The number of primary amides is 1. The standard InChI is InChI=1S/C21H30FN5O3/c1-13(10-25-18-7-5-6-17(22)21(18)29-4)16(8-20(24)28)14(2)19(9-23)30-15-11-26-27(3)12-15/h5-7,9,11-14,16,19,23,25H,8,10H2,1-4H3,(H2,24,28)/t13-,14?,16+,19?/m0/s1. The largest absolute Gasteiger partial charge is 0.492 e. The number of para-hydroxylation sites is 1. The molecule has 8 nitrogen and oxygen atoms in total. The molecule has 2 aromatic rings. The van der Waals surface area contributed by atoms with Gasteiger partial charge in [0.2, 0.25) is 5.91 Å². The molecular weight excluding hydrogens is 389 g/mol. The van der Waals surface area contributed by atoms with Gasteiger partial charge in [-0.1, -0.05) is 19.9 Å². The minimum atomic E-state index is -0.551. The Kier molecular flexibility index (Phi) is 8.20. The molecule has 0 aliphatic heterocycles. The van der Waals surface area contributed by atoms with Crippen LogP contribution in [0.2, 0.25) is 0 Å². The number of carbonyl (C=O) groups is 1. The molecule has 30 heavy (non-hydrogen) atoms. The van der Waals surface area contributed by atoms with Crippen molar-refractivity contribution in [2.75, 3.05) is 19.0 Å². The molecule has 0 aliphatic carbocycles. The van der Waals surface area contributed by atoms with E-state index in [1.165, 1.54) is 19.4 Å². The molecule has 0 aliphatic rings. The number of carbonyl (C=O) groups excluding carboxylic acids is 1. The van der Waals surface area contributed by atoms with Crippen LogP contribution in [0, 0.1) is 29.0 Å². The zero-order valence-electron chi connectivity index (χ0n) is 17.8. The molecule has 0 fully saturated rings. The number of ether oxygens (including phenoxy) is 2. The smallest absolute Gasteiger partial charge is 0.217 e. The number of anilines is 1. The first-order chi connectivity index (χ1) is 14.3. The molecule has 2 unspecified atom stereocenters. The third-order valence-corrected chi connectivity index (χ3v) is 5.26. The van der Waals surface area contributed by atoms with E-state index in [4.69, 9.17) is 20.6 Å². The highest BCUT2D eigenvalue weighted by molar-refractivity contribution is 5.74. The van der Waals surface area contributed by atoms with Crippen molar-refractivity contribution in [3.63, 3.8) is 0 Å². The molecule has 1 amide bonds. The van der Waals surface area contributed by atoms with Gasteiger partial charge in [0.05, 0.1) is 25.2 Å². The lowest BCUT2D eigenvalue weighted by Gasteiger charge is -2.33. The van der Waals surface area contributed by atoms with E-state index in [0.29, 0.717) is 18.0 Å². The van der Waals surface area contributed by atoms with Crippen molar-refractivity contribution < 1.29 is 18.7 Å². The zero-order chi connectivity index (χ0) is 22.3. The fraction of sp³-hybridized carbons (Fsp3) is 0.476. The number of hydrogen-bond acceptors (Lipinski definition) is 6. The van der Waals surface area contributed by atoms with Crippen LogP contribution in [0.25, 0.3) is 0 Å². The molecule has 0 radical (unpaired) electrons. The SMILES string of the molecule is COc1c(F)cccc1NC[C@H](C)[C@@H](CC(N)=O)C(C)C(C=N)Oc1cnn(C)c1. The van der Waals surface area contributed by atoms with Gasteiger partial charge in [0.1, 0.15) is 6.10 Å². The average Bonchev–Trinajstić information content (AvgIpc) is 3.12. The number of aromatic nitrogens is 2. The summed E-state index contributed by atoms with van der Waals surface area (Å²) in [4.78, 5) is 11.7. The second-order valence-electron chi connectivity index (χ2n) is 7.47. The van der Waals surface area contributed by atoms with E-state index in [0.717, 1.165) is 0 Å². The highest BCUT2D eigenvalue weighted by Crippen LogP contribution is 2.31. The minimum absolute atomic E-state index is 0.0274. The summed E-state index contributed by atoms with van der Waals surface area (Å²) >= 11 is 0. The quantitative estimate of drug-likeness (QED) is 0.458. The van der Waals surface area contributed by atoms with Crippen LogP contribution in [-0.2, 0) is 11.8 Å². The first-order valence-electron chi connectivity index (χ1n) is 9.77. The molecule has 0 saturated carbocycles. The number of hydrogen-bond donors (Lipinski definition) is 3. The predicted molar refractivity (Wildman–Crippen MR) is 113 cm³/mol. The molecule has 1 aromatic heterocycles. The van der Waals surface area contributed by atoms with Crippen molar-refractivity contribution in [1.29, 1.82) is 5.41 Å². The second kappa shape index (κ2) is 10.6. The number of nitrogens with one attached hydrogen (secondary N) is 2. The van der Waals surface area contributed by atoms with Gasteiger partial charge in [-0.25, -0.2) is 4.39 Å². The Morgan fingerprint density at radius 3 is 2.73 bits per heavy atom. The molecule has 0 saturated heterocycles. The molecule has 0 bridgehead atoms. The van der Waals surface area contributed by atoms with Crippen molar-refractivity contribution >= 4 is 17.8 Å². The maximum Gasteiger partial charge on any atom is 0.217 e. The third kappa shape index (κ3) is 5.95. The summed E-state index contributed by atoms with van der Waals surface area (Å²) in [6.07, 6.45) is 4.11. The molecule has 0 spiro atoms. The van der Waals surface area contributed by atoms with Crippen LogP contribution < -0.4 is 20.5 Å². The van der Waals surface area contributed by atoms with Crippen molar-refractivity contribution in [1.82, 2.24) is 9.78 Å². The normalized spacial score (nSPS) is 15.0. The van der Waals surface area contributed by atoms with Gasteiger partial charge in [-0.3, -0.25) is 9.48 Å². The highest BCUT2D eigenvalue weighted by atomic mass is 19.1. The lowest BCUT2D eigenvalue weighted by molar-refractivity contribution is -0.119. The lowest BCUT2D eigenvalue weighted by atomic mass is 9.78. The van der Waals surface area contributed by atoms with Crippen LogP contribution in [-0.4, -0.2) is 41.7 Å². The maximum atomic E-state index is 13.9. The summed E-state index contributed by atoms with van der Waals surface area (Å²) in [6, 6.07) is 4.66. The van der Waals surface area contributed by atoms with E-state index in [2.05, 4.69) is 10.4 Å². The van der Waals surface area contributed by atoms with E-state index in [1.807, 2.05) is 13.8 Å². The fourth-order valence-electron chi connectivity index (χ4n) is 3.57. The molecule has 4 N–H and O–H groups in total. The summed E-state index contributed by atoms with van der Waals surface area (Å²) in [5.74, 6) is -0.565. The Morgan fingerprint density at radius 2 is 2.17 bits per heavy atom. The number of halogens is 1. The Balaban J connectivity index is 2.13.